The fraction of sp³-hybridized carbons (Fsp3) is 0.188. The first kappa shape index (κ1) is 16.0. The van der Waals surface area contributed by atoms with Crippen LogP contribution < -0.4 is 11.1 Å². The van der Waals surface area contributed by atoms with E-state index in [1.807, 2.05) is 30.3 Å². The summed E-state index contributed by atoms with van der Waals surface area (Å²) < 4.78 is 37.3. The number of alkyl halides is 3. The third-order valence-corrected chi connectivity index (χ3v) is 3.11. The minimum absolute atomic E-state index is 0.279. The van der Waals surface area contributed by atoms with E-state index in [4.69, 9.17) is 5.73 Å². The number of amides is 1. The molecule has 6 heteroatoms. The van der Waals surface area contributed by atoms with Crippen LogP contribution in [0.1, 0.15) is 11.1 Å². The topological polar surface area (TPSA) is 55.1 Å². The smallest absolute Gasteiger partial charge is 0.325 e. The van der Waals surface area contributed by atoms with Crippen molar-refractivity contribution in [2.75, 3.05) is 5.32 Å². The average molecular weight is 308 g/mol. The third-order valence-electron chi connectivity index (χ3n) is 3.11. The van der Waals surface area contributed by atoms with E-state index in [0.29, 0.717) is 6.42 Å². The standard InChI is InChI=1S/C16H15F3N2O/c17-16(18,19)12-6-8-13(9-7-12)21-15(22)14(20)10-11-4-2-1-3-5-11/h1-9,14H,10,20H2,(H,21,22)/t14-/m0/s1. The van der Waals surface area contributed by atoms with Gasteiger partial charge < -0.3 is 11.1 Å². The number of halogens is 3. The van der Waals surface area contributed by atoms with Gasteiger partial charge in [-0.3, -0.25) is 4.79 Å². The van der Waals surface area contributed by atoms with Gasteiger partial charge in [-0.2, -0.15) is 13.2 Å². The Morgan fingerprint density at radius 1 is 1.05 bits per heavy atom. The van der Waals surface area contributed by atoms with Crippen LogP contribution in [0.25, 0.3) is 0 Å². The molecule has 0 aliphatic carbocycles. The Labute approximate surface area is 125 Å². The molecule has 3 nitrogen and oxygen atoms in total. The first-order valence-electron chi connectivity index (χ1n) is 6.64. The average Bonchev–Trinajstić information content (AvgIpc) is 2.48. The van der Waals surface area contributed by atoms with Gasteiger partial charge in [0.1, 0.15) is 0 Å². The molecule has 0 spiro atoms. The van der Waals surface area contributed by atoms with E-state index < -0.39 is 23.7 Å². The molecule has 0 bridgehead atoms. The number of rotatable bonds is 4. The minimum atomic E-state index is -4.40. The normalized spacial score (nSPS) is 12.7. The molecule has 116 valence electrons. The van der Waals surface area contributed by atoms with Crippen LogP contribution in [0, 0.1) is 0 Å². The molecule has 0 aliphatic rings. The number of benzene rings is 2. The summed E-state index contributed by atoms with van der Waals surface area (Å²) in [5, 5.41) is 2.51. The molecular weight excluding hydrogens is 293 g/mol. The van der Waals surface area contributed by atoms with Crippen LogP contribution in [0.2, 0.25) is 0 Å². The summed E-state index contributed by atoms with van der Waals surface area (Å²) in [6, 6.07) is 12.7. The second-order valence-electron chi connectivity index (χ2n) is 4.86. The molecule has 0 fully saturated rings. The first-order chi connectivity index (χ1) is 10.4. The van der Waals surface area contributed by atoms with Crippen molar-refractivity contribution < 1.29 is 18.0 Å². The zero-order valence-electron chi connectivity index (χ0n) is 11.6. The van der Waals surface area contributed by atoms with E-state index in [-0.39, 0.29) is 5.69 Å². The SMILES string of the molecule is N[C@@H](Cc1ccccc1)C(=O)Nc1ccc(C(F)(F)F)cc1. The van der Waals surface area contributed by atoms with Crippen LogP contribution in [0.4, 0.5) is 18.9 Å². The molecule has 0 saturated heterocycles. The van der Waals surface area contributed by atoms with Gasteiger partial charge >= 0.3 is 6.18 Å². The van der Waals surface area contributed by atoms with E-state index in [0.717, 1.165) is 17.7 Å². The molecule has 2 aromatic rings. The number of carbonyl (C=O) groups excluding carboxylic acids is 1. The zero-order valence-corrected chi connectivity index (χ0v) is 11.6. The first-order valence-corrected chi connectivity index (χ1v) is 6.64. The predicted molar refractivity (Wildman–Crippen MR) is 78.2 cm³/mol. The Hall–Kier alpha value is -2.34. The van der Waals surface area contributed by atoms with Gasteiger partial charge in [-0.15, -0.1) is 0 Å². The lowest BCUT2D eigenvalue weighted by Gasteiger charge is -2.13. The van der Waals surface area contributed by atoms with Gasteiger partial charge in [0.2, 0.25) is 5.91 Å². The van der Waals surface area contributed by atoms with Crippen LogP contribution in [0.15, 0.2) is 54.6 Å². The fourth-order valence-electron chi connectivity index (χ4n) is 1.94. The number of anilines is 1. The maximum atomic E-state index is 12.4. The quantitative estimate of drug-likeness (QED) is 0.911. The Morgan fingerprint density at radius 2 is 1.64 bits per heavy atom. The van der Waals surface area contributed by atoms with Crippen molar-refractivity contribution in [2.24, 2.45) is 5.73 Å². The van der Waals surface area contributed by atoms with Crippen LogP contribution >= 0.6 is 0 Å². The molecule has 0 heterocycles. The zero-order chi connectivity index (χ0) is 16.2. The summed E-state index contributed by atoms with van der Waals surface area (Å²) in [5.74, 6) is -0.441. The van der Waals surface area contributed by atoms with E-state index >= 15 is 0 Å². The number of hydrogen-bond donors (Lipinski definition) is 2. The van der Waals surface area contributed by atoms with E-state index in [9.17, 15) is 18.0 Å². The lowest BCUT2D eigenvalue weighted by atomic mass is 10.1. The molecule has 0 radical (unpaired) electrons. The molecular formula is C16H15F3N2O. The maximum absolute atomic E-state index is 12.4. The highest BCUT2D eigenvalue weighted by molar-refractivity contribution is 5.94. The summed E-state index contributed by atoms with van der Waals surface area (Å²) >= 11 is 0. The van der Waals surface area contributed by atoms with Crippen LogP contribution in [-0.4, -0.2) is 11.9 Å². The van der Waals surface area contributed by atoms with Crippen molar-refractivity contribution in [3.8, 4) is 0 Å². The minimum Gasteiger partial charge on any atom is -0.325 e. The molecule has 3 N–H and O–H groups in total. The van der Waals surface area contributed by atoms with Gasteiger partial charge in [-0.25, -0.2) is 0 Å². The number of nitrogens with one attached hydrogen (secondary N) is 1. The Balaban J connectivity index is 1.96. The van der Waals surface area contributed by atoms with Gasteiger partial charge in [0.15, 0.2) is 0 Å². The summed E-state index contributed by atoms with van der Waals surface area (Å²) in [6.45, 7) is 0. The lowest BCUT2D eigenvalue weighted by molar-refractivity contribution is -0.137. The largest absolute Gasteiger partial charge is 0.416 e. The van der Waals surface area contributed by atoms with Gasteiger partial charge in [0.05, 0.1) is 11.6 Å². The Morgan fingerprint density at radius 3 is 2.18 bits per heavy atom. The third kappa shape index (κ3) is 4.33. The second kappa shape index (κ2) is 6.62. The van der Waals surface area contributed by atoms with Crippen LogP contribution in [-0.2, 0) is 17.4 Å². The monoisotopic (exact) mass is 308 g/mol. The highest BCUT2D eigenvalue weighted by Gasteiger charge is 2.30. The predicted octanol–water partition coefficient (Wildman–Crippen LogP) is 3.21. The van der Waals surface area contributed by atoms with Crippen molar-refractivity contribution in [2.45, 2.75) is 18.6 Å². The summed E-state index contributed by atoms with van der Waals surface area (Å²) in [4.78, 5) is 11.9. The van der Waals surface area contributed by atoms with E-state index in [1.165, 1.54) is 12.1 Å². The summed E-state index contributed by atoms with van der Waals surface area (Å²) in [5.41, 5.74) is 6.23. The highest BCUT2D eigenvalue weighted by Crippen LogP contribution is 2.29. The molecule has 1 amide bonds. The van der Waals surface area contributed by atoms with Gasteiger partial charge in [0, 0.05) is 5.69 Å². The van der Waals surface area contributed by atoms with E-state index in [1.54, 1.807) is 0 Å². The van der Waals surface area contributed by atoms with Crippen LogP contribution in [0.5, 0.6) is 0 Å². The Bertz CT molecular complexity index is 624. The van der Waals surface area contributed by atoms with Gasteiger partial charge in [0.25, 0.3) is 0 Å². The Kier molecular flexibility index (Phi) is 4.82. The lowest BCUT2D eigenvalue weighted by Crippen LogP contribution is -2.37. The van der Waals surface area contributed by atoms with Gasteiger partial charge in [-0.1, -0.05) is 30.3 Å². The summed E-state index contributed by atoms with van der Waals surface area (Å²) in [7, 11) is 0. The summed E-state index contributed by atoms with van der Waals surface area (Å²) in [6.07, 6.45) is -4.04. The maximum Gasteiger partial charge on any atom is 0.416 e. The van der Waals surface area contributed by atoms with Crippen molar-refractivity contribution in [3.63, 3.8) is 0 Å². The van der Waals surface area contributed by atoms with Crippen molar-refractivity contribution >= 4 is 11.6 Å². The van der Waals surface area contributed by atoms with Crippen molar-refractivity contribution in [1.82, 2.24) is 0 Å². The van der Waals surface area contributed by atoms with Gasteiger partial charge in [-0.05, 0) is 36.2 Å². The fourth-order valence-corrected chi connectivity index (χ4v) is 1.94. The second-order valence-corrected chi connectivity index (χ2v) is 4.86. The number of carbonyl (C=O) groups is 1. The molecule has 2 rings (SSSR count). The van der Waals surface area contributed by atoms with Crippen molar-refractivity contribution in [3.05, 3.63) is 65.7 Å². The van der Waals surface area contributed by atoms with E-state index in [2.05, 4.69) is 5.32 Å². The van der Waals surface area contributed by atoms with Crippen LogP contribution in [0.3, 0.4) is 0 Å². The highest BCUT2D eigenvalue weighted by atomic mass is 19.4. The molecule has 1 atom stereocenters. The molecule has 0 aliphatic heterocycles. The number of hydrogen-bond acceptors (Lipinski definition) is 2. The molecule has 0 unspecified atom stereocenters. The molecule has 0 saturated carbocycles. The molecule has 0 aromatic heterocycles. The molecule has 22 heavy (non-hydrogen) atoms. The van der Waals surface area contributed by atoms with Crippen molar-refractivity contribution in [1.29, 1.82) is 0 Å². The molecule has 2 aromatic carbocycles. The number of nitrogens with two attached hydrogens (primary N) is 1.